The van der Waals surface area contributed by atoms with Crippen LogP contribution < -0.4 is 27.0 Å². The van der Waals surface area contributed by atoms with E-state index in [1.807, 2.05) is 0 Å². The minimum Gasteiger partial charge on any atom is -0.480 e. The number of aromatic amines is 1. The fourth-order valence-electron chi connectivity index (χ4n) is 2.88. The van der Waals surface area contributed by atoms with Crippen molar-refractivity contribution in [3.8, 4) is 0 Å². The number of hydrogen-bond donors (Lipinski definition) is 7. The number of H-pyrrole nitrogens is 1. The summed E-state index contributed by atoms with van der Waals surface area (Å²) in [5.41, 5.74) is 5.86. The molecule has 0 saturated carbocycles. The van der Waals surface area contributed by atoms with E-state index >= 15 is 0 Å². The van der Waals surface area contributed by atoms with Crippen molar-refractivity contribution in [2.75, 3.05) is 13.1 Å². The van der Waals surface area contributed by atoms with Crippen molar-refractivity contribution in [1.29, 1.82) is 0 Å². The molecule has 1 heterocycles. The number of rotatable bonds is 13. The summed E-state index contributed by atoms with van der Waals surface area (Å²) in [5, 5.41) is 19.0. The van der Waals surface area contributed by atoms with Gasteiger partial charge in [-0.1, -0.05) is 27.7 Å². The van der Waals surface area contributed by atoms with Gasteiger partial charge in [0.2, 0.25) is 23.6 Å². The van der Waals surface area contributed by atoms with Gasteiger partial charge in [0.1, 0.15) is 18.1 Å². The minimum atomic E-state index is -1.19. The van der Waals surface area contributed by atoms with Crippen LogP contribution in [0.4, 0.5) is 0 Å². The molecule has 0 aliphatic heterocycles. The molecule has 0 bridgehead atoms. The molecule has 1 aromatic heterocycles. The maximum absolute atomic E-state index is 12.8. The highest BCUT2D eigenvalue weighted by Crippen LogP contribution is 2.05. The largest absolute Gasteiger partial charge is 0.480 e. The molecule has 0 unspecified atom stereocenters. The highest BCUT2D eigenvalue weighted by Gasteiger charge is 2.29. The molecule has 184 valence electrons. The molecule has 3 atom stereocenters. The maximum Gasteiger partial charge on any atom is 0.326 e. The van der Waals surface area contributed by atoms with E-state index in [1.165, 1.54) is 12.5 Å². The second-order valence-electron chi connectivity index (χ2n) is 8.18. The molecule has 0 radical (unpaired) electrons. The molecule has 0 spiro atoms. The number of carboxylic acid groups (broad SMARTS) is 1. The first-order chi connectivity index (χ1) is 15.5. The summed E-state index contributed by atoms with van der Waals surface area (Å²) in [4.78, 5) is 67.3. The second-order valence-corrected chi connectivity index (χ2v) is 8.18. The van der Waals surface area contributed by atoms with Crippen molar-refractivity contribution < 1.29 is 29.1 Å². The summed E-state index contributed by atoms with van der Waals surface area (Å²) >= 11 is 0. The molecule has 8 N–H and O–H groups in total. The summed E-state index contributed by atoms with van der Waals surface area (Å²) < 4.78 is 0. The molecular formula is C20H33N7O6. The van der Waals surface area contributed by atoms with Gasteiger partial charge in [0.15, 0.2) is 0 Å². The van der Waals surface area contributed by atoms with E-state index in [0.29, 0.717) is 5.69 Å². The Morgan fingerprint density at radius 2 is 1.58 bits per heavy atom. The number of hydrogen-bond acceptors (Lipinski definition) is 7. The molecule has 0 aliphatic rings. The minimum absolute atomic E-state index is 0.0403. The van der Waals surface area contributed by atoms with Crippen molar-refractivity contribution in [3.63, 3.8) is 0 Å². The van der Waals surface area contributed by atoms with Crippen molar-refractivity contribution in [1.82, 2.24) is 31.2 Å². The standard InChI is InChI=1S/C20H33N7O6/c1-10(2)16(26-14(28)6-21)19(31)25-13(5-12-7-22-9-24-12)18(30)23-8-15(29)27-17(11(3)4)20(32)33/h7,9-11,13,16-17H,5-6,8,21H2,1-4H3,(H,22,24)(H,23,30)(H,25,31)(H,26,28)(H,27,29)(H,32,33)/t13-,16-,17-/m0/s1. The SMILES string of the molecule is CC(C)[C@H](NC(=O)CNC(=O)[C@H](Cc1cnc[nH]1)NC(=O)[C@@H](NC(=O)CN)C(C)C)C(=O)O. The van der Waals surface area contributed by atoms with Gasteiger partial charge in [-0.3, -0.25) is 19.2 Å². The average Bonchev–Trinajstić information content (AvgIpc) is 3.25. The third-order valence-electron chi connectivity index (χ3n) is 4.74. The maximum atomic E-state index is 12.8. The van der Waals surface area contributed by atoms with Crippen LogP contribution in [0.25, 0.3) is 0 Å². The zero-order chi connectivity index (χ0) is 25.1. The molecule has 0 aliphatic carbocycles. The fraction of sp³-hybridized carbons (Fsp3) is 0.600. The number of aliphatic carboxylic acids is 1. The number of nitrogens with zero attached hydrogens (tertiary/aromatic N) is 1. The third-order valence-corrected chi connectivity index (χ3v) is 4.74. The Labute approximate surface area is 191 Å². The lowest BCUT2D eigenvalue weighted by Gasteiger charge is -2.25. The van der Waals surface area contributed by atoms with E-state index in [9.17, 15) is 29.1 Å². The first kappa shape index (κ1) is 27.6. The van der Waals surface area contributed by atoms with Crippen LogP contribution in [0.3, 0.4) is 0 Å². The molecule has 13 heteroatoms. The Kier molecular flexibility index (Phi) is 11.0. The van der Waals surface area contributed by atoms with Crippen LogP contribution in [0, 0.1) is 11.8 Å². The molecule has 4 amide bonds. The van der Waals surface area contributed by atoms with Crippen LogP contribution in [0.5, 0.6) is 0 Å². The number of amides is 4. The normalized spacial score (nSPS) is 13.7. The molecular weight excluding hydrogens is 434 g/mol. The summed E-state index contributed by atoms with van der Waals surface area (Å²) in [6.45, 7) is 5.95. The zero-order valence-electron chi connectivity index (χ0n) is 19.2. The molecule has 0 saturated heterocycles. The molecule has 0 aromatic carbocycles. The lowest BCUT2D eigenvalue weighted by molar-refractivity contribution is -0.143. The van der Waals surface area contributed by atoms with Gasteiger partial charge in [-0.05, 0) is 11.8 Å². The van der Waals surface area contributed by atoms with Gasteiger partial charge < -0.3 is 37.1 Å². The topological polar surface area (TPSA) is 208 Å². The Morgan fingerprint density at radius 1 is 0.970 bits per heavy atom. The highest BCUT2D eigenvalue weighted by atomic mass is 16.4. The quantitative estimate of drug-likeness (QED) is 0.170. The van der Waals surface area contributed by atoms with Crippen LogP contribution in [-0.2, 0) is 30.4 Å². The third kappa shape index (κ3) is 9.27. The zero-order valence-corrected chi connectivity index (χ0v) is 19.2. The van der Waals surface area contributed by atoms with Gasteiger partial charge >= 0.3 is 5.97 Å². The monoisotopic (exact) mass is 467 g/mol. The second kappa shape index (κ2) is 13.2. The van der Waals surface area contributed by atoms with Gasteiger partial charge in [-0.2, -0.15) is 0 Å². The molecule has 1 rings (SSSR count). The van der Waals surface area contributed by atoms with Crippen LogP contribution >= 0.6 is 0 Å². The number of imidazole rings is 1. The molecule has 33 heavy (non-hydrogen) atoms. The molecule has 0 fully saturated rings. The Morgan fingerprint density at radius 3 is 2.06 bits per heavy atom. The predicted molar refractivity (Wildman–Crippen MR) is 117 cm³/mol. The van der Waals surface area contributed by atoms with E-state index in [0.717, 1.165) is 0 Å². The summed E-state index contributed by atoms with van der Waals surface area (Å²) in [5.74, 6) is -4.30. The predicted octanol–water partition coefficient (Wildman–Crippen LogP) is -2.12. The number of carbonyl (C=O) groups excluding carboxylic acids is 4. The highest BCUT2D eigenvalue weighted by molar-refractivity contribution is 5.94. The van der Waals surface area contributed by atoms with Crippen molar-refractivity contribution in [2.24, 2.45) is 17.6 Å². The van der Waals surface area contributed by atoms with Gasteiger partial charge in [0.25, 0.3) is 0 Å². The van der Waals surface area contributed by atoms with Gasteiger partial charge in [0, 0.05) is 18.3 Å². The first-order valence-electron chi connectivity index (χ1n) is 10.5. The summed E-state index contributed by atoms with van der Waals surface area (Å²) in [6.07, 6.45) is 2.93. The van der Waals surface area contributed by atoms with Crippen LogP contribution in [0.1, 0.15) is 33.4 Å². The van der Waals surface area contributed by atoms with E-state index in [2.05, 4.69) is 31.2 Å². The number of aromatic nitrogens is 2. The summed E-state index contributed by atoms with van der Waals surface area (Å²) in [7, 11) is 0. The lowest BCUT2D eigenvalue weighted by atomic mass is 10.0. The fourth-order valence-corrected chi connectivity index (χ4v) is 2.88. The Hall–Kier alpha value is -3.48. The molecule has 1 aromatic rings. The molecule has 13 nitrogen and oxygen atoms in total. The van der Waals surface area contributed by atoms with E-state index in [-0.39, 0.29) is 24.8 Å². The van der Waals surface area contributed by atoms with Crippen LogP contribution in [-0.4, -0.2) is 75.9 Å². The number of nitrogens with one attached hydrogen (secondary N) is 5. The van der Waals surface area contributed by atoms with Crippen molar-refractivity contribution in [3.05, 3.63) is 18.2 Å². The van der Waals surface area contributed by atoms with Crippen molar-refractivity contribution in [2.45, 2.75) is 52.2 Å². The summed E-state index contributed by atoms with van der Waals surface area (Å²) in [6, 6.07) is -3.13. The Balaban J connectivity index is 2.87. The first-order valence-corrected chi connectivity index (χ1v) is 10.5. The average molecular weight is 468 g/mol. The lowest BCUT2D eigenvalue weighted by Crippen LogP contribution is -2.57. The van der Waals surface area contributed by atoms with Crippen LogP contribution in [0.15, 0.2) is 12.5 Å². The van der Waals surface area contributed by atoms with Gasteiger partial charge in [-0.15, -0.1) is 0 Å². The van der Waals surface area contributed by atoms with E-state index in [1.54, 1.807) is 27.7 Å². The van der Waals surface area contributed by atoms with Gasteiger partial charge in [0.05, 0.1) is 19.4 Å². The van der Waals surface area contributed by atoms with Crippen LogP contribution in [0.2, 0.25) is 0 Å². The number of nitrogens with two attached hydrogens (primary N) is 1. The van der Waals surface area contributed by atoms with Crippen molar-refractivity contribution >= 4 is 29.6 Å². The van der Waals surface area contributed by atoms with Gasteiger partial charge in [-0.25, -0.2) is 9.78 Å². The Bertz CT molecular complexity index is 825. The number of carbonyl (C=O) groups is 5. The van der Waals surface area contributed by atoms with E-state index in [4.69, 9.17) is 5.73 Å². The smallest absolute Gasteiger partial charge is 0.326 e. The van der Waals surface area contributed by atoms with E-state index < -0.39 is 54.3 Å². The number of carboxylic acids is 1.